The van der Waals surface area contributed by atoms with Gasteiger partial charge in [-0.3, -0.25) is 9.59 Å². The van der Waals surface area contributed by atoms with Crippen molar-refractivity contribution < 1.29 is 9.59 Å². The molecule has 0 aromatic carbocycles. The van der Waals surface area contributed by atoms with Crippen molar-refractivity contribution in [2.45, 2.75) is 52.1 Å². The first kappa shape index (κ1) is 15.4. The molecule has 0 spiro atoms. The Hall–Kier alpha value is -1.98. The maximum Gasteiger partial charge on any atom is 0.254 e. The Morgan fingerprint density at radius 3 is 2.76 bits per heavy atom. The third-order valence-corrected chi connectivity index (χ3v) is 3.64. The van der Waals surface area contributed by atoms with E-state index in [9.17, 15) is 9.59 Å². The average molecular weight is 290 g/mol. The molecule has 0 saturated carbocycles. The molecule has 21 heavy (non-hydrogen) atoms. The summed E-state index contributed by atoms with van der Waals surface area (Å²) in [6, 6.07) is -0.158. The third-order valence-electron chi connectivity index (χ3n) is 3.64. The smallest absolute Gasteiger partial charge is 0.254 e. The topological polar surface area (TPSA) is 75.2 Å². The van der Waals surface area contributed by atoms with Gasteiger partial charge in [-0.15, -0.1) is 0 Å². The SMILES string of the molecule is CCc1ncncc1C(=O)NC1CC(=O)N(C(C)(C)C)C1. The zero-order valence-electron chi connectivity index (χ0n) is 13.0. The molecule has 2 heterocycles. The van der Waals surface area contributed by atoms with E-state index in [1.165, 1.54) is 12.5 Å². The summed E-state index contributed by atoms with van der Waals surface area (Å²) in [5, 5.41) is 2.92. The van der Waals surface area contributed by atoms with Gasteiger partial charge in [-0.2, -0.15) is 0 Å². The van der Waals surface area contributed by atoms with Crippen molar-refractivity contribution in [2.75, 3.05) is 6.54 Å². The van der Waals surface area contributed by atoms with Gasteiger partial charge in [-0.25, -0.2) is 9.97 Å². The first-order chi connectivity index (χ1) is 9.82. The number of rotatable bonds is 3. The average Bonchev–Trinajstić information content (AvgIpc) is 2.79. The van der Waals surface area contributed by atoms with E-state index in [1.807, 2.05) is 27.7 Å². The summed E-state index contributed by atoms with van der Waals surface area (Å²) in [5.74, 6) is -0.131. The Labute approximate surface area is 125 Å². The number of hydrogen-bond donors (Lipinski definition) is 1. The summed E-state index contributed by atoms with van der Waals surface area (Å²) in [6.07, 6.45) is 3.98. The lowest BCUT2D eigenvalue weighted by Gasteiger charge is -2.32. The van der Waals surface area contributed by atoms with Crippen molar-refractivity contribution in [2.24, 2.45) is 0 Å². The molecular formula is C15H22N4O2. The molecule has 1 aliphatic rings. The maximum absolute atomic E-state index is 12.3. The molecule has 1 fully saturated rings. The highest BCUT2D eigenvalue weighted by molar-refractivity contribution is 5.95. The normalized spacial score (nSPS) is 19.0. The van der Waals surface area contributed by atoms with Crippen LogP contribution in [-0.2, 0) is 11.2 Å². The van der Waals surface area contributed by atoms with Gasteiger partial charge >= 0.3 is 0 Å². The molecule has 6 heteroatoms. The maximum atomic E-state index is 12.3. The Bertz CT molecular complexity index is 551. The van der Waals surface area contributed by atoms with Crippen LogP contribution in [0.5, 0.6) is 0 Å². The van der Waals surface area contributed by atoms with Crippen LogP contribution >= 0.6 is 0 Å². The van der Waals surface area contributed by atoms with Gasteiger partial charge in [0, 0.05) is 24.7 Å². The second kappa shape index (κ2) is 5.79. The molecule has 0 bridgehead atoms. The highest BCUT2D eigenvalue weighted by Crippen LogP contribution is 2.22. The van der Waals surface area contributed by atoms with Gasteiger partial charge in [0.25, 0.3) is 5.91 Å². The van der Waals surface area contributed by atoms with Crippen LogP contribution in [0.3, 0.4) is 0 Å². The van der Waals surface area contributed by atoms with Crippen LogP contribution in [0.25, 0.3) is 0 Å². The monoisotopic (exact) mass is 290 g/mol. The minimum atomic E-state index is -0.221. The fourth-order valence-electron chi connectivity index (χ4n) is 2.54. The predicted molar refractivity (Wildman–Crippen MR) is 78.7 cm³/mol. The molecule has 1 aromatic rings. The minimum absolute atomic E-state index is 0.0767. The van der Waals surface area contributed by atoms with Crippen LogP contribution in [0.2, 0.25) is 0 Å². The number of aromatic nitrogens is 2. The van der Waals surface area contributed by atoms with Crippen LogP contribution in [0.4, 0.5) is 0 Å². The van der Waals surface area contributed by atoms with Gasteiger partial charge < -0.3 is 10.2 Å². The summed E-state index contributed by atoms with van der Waals surface area (Å²) in [7, 11) is 0. The minimum Gasteiger partial charge on any atom is -0.347 e. The molecule has 2 rings (SSSR count). The summed E-state index contributed by atoms with van der Waals surface area (Å²) in [5.41, 5.74) is 0.988. The Morgan fingerprint density at radius 1 is 1.48 bits per heavy atom. The van der Waals surface area contributed by atoms with Gasteiger partial charge in [0.05, 0.1) is 17.3 Å². The Morgan fingerprint density at radius 2 is 2.19 bits per heavy atom. The number of hydrogen-bond acceptors (Lipinski definition) is 4. The number of carbonyl (C=O) groups is 2. The molecule has 0 aliphatic carbocycles. The fraction of sp³-hybridized carbons (Fsp3) is 0.600. The number of aryl methyl sites for hydroxylation is 1. The summed E-state index contributed by atoms with van der Waals surface area (Å²) in [6.45, 7) is 8.47. The van der Waals surface area contributed by atoms with Crippen LogP contribution in [0.15, 0.2) is 12.5 Å². The predicted octanol–water partition coefficient (Wildman–Crippen LogP) is 1.17. The summed E-state index contributed by atoms with van der Waals surface area (Å²) >= 11 is 0. The van der Waals surface area contributed by atoms with E-state index >= 15 is 0 Å². The van der Waals surface area contributed by atoms with Gasteiger partial charge in [0.2, 0.25) is 5.91 Å². The van der Waals surface area contributed by atoms with Crippen molar-refractivity contribution >= 4 is 11.8 Å². The molecule has 1 N–H and O–H groups in total. The van der Waals surface area contributed by atoms with Gasteiger partial charge in [0.1, 0.15) is 6.33 Å². The molecule has 2 amide bonds. The van der Waals surface area contributed by atoms with Gasteiger partial charge in [-0.05, 0) is 27.2 Å². The van der Waals surface area contributed by atoms with E-state index in [0.717, 1.165) is 5.69 Å². The van der Waals surface area contributed by atoms with Crippen LogP contribution < -0.4 is 5.32 Å². The number of nitrogens with one attached hydrogen (secondary N) is 1. The molecule has 6 nitrogen and oxygen atoms in total. The molecule has 1 aromatic heterocycles. The van der Waals surface area contributed by atoms with Gasteiger partial charge in [-0.1, -0.05) is 6.92 Å². The van der Waals surface area contributed by atoms with E-state index in [4.69, 9.17) is 0 Å². The van der Waals surface area contributed by atoms with Crippen molar-refractivity contribution in [3.63, 3.8) is 0 Å². The molecule has 0 radical (unpaired) electrons. The Balaban J connectivity index is 2.06. The molecule has 1 saturated heterocycles. The van der Waals surface area contributed by atoms with Crippen LogP contribution in [0.1, 0.15) is 50.2 Å². The number of nitrogens with zero attached hydrogens (tertiary/aromatic N) is 3. The van der Waals surface area contributed by atoms with Crippen molar-refractivity contribution in [1.29, 1.82) is 0 Å². The molecule has 1 aliphatic heterocycles. The van der Waals surface area contributed by atoms with E-state index < -0.39 is 0 Å². The lowest BCUT2D eigenvalue weighted by Crippen LogP contribution is -2.44. The van der Waals surface area contributed by atoms with Crippen LogP contribution in [0, 0.1) is 0 Å². The van der Waals surface area contributed by atoms with Crippen molar-refractivity contribution in [3.05, 3.63) is 23.8 Å². The number of likely N-dealkylation sites (tertiary alicyclic amines) is 1. The summed E-state index contributed by atoms with van der Waals surface area (Å²) < 4.78 is 0. The standard InChI is InChI=1S/C15H22N4O2/c1-5-12-11(7-16-9-17-12)14(21)18-10-6-13(20)19(8-10)15(2,3)4/h7,9-10H,5-6,8H2,1-4H3,(H,18,21). The van der Waals surface area contributed by atoms with E-state index in [-0.39, 0.29) is 23.4 Å². The first-order valence-electron chi connectivity index (χ1n) is 7.23. The number of amides is 2. The zero-order valence-corrected chi connectivity index (χ0v) is 13.0. The lowest BCUT2D eigenvalue weighted by molar-refractivity contribution is -0.131. The first-order valence-corrected chi connectivity index (χ1v) is 7.23. The molecule has 114 valence electrons. The van der Waals surface area contributed by atoms with E-state index in [1.54, 1.807) is 4.90 Å². The molecule has 1 unspecified atom stereocenters. The highest BCUT2D eigenvalue weighted by Gasteiger charge is 2.37. The van der Waals surface area contributed by atoms with E-state index in [0.29, 0.717) is 24.9 Å². The second-order valence-corrected chi connectivity index (χ2v) is 6.29. The van der Waals surface area contributed by atoms with Gasteiger partial charge in [0.15, 0.2) is 0 Å². The fourth-order valence-corrected chi connectivity index (χ4v) is 2.54. The van der Waals surface area contributed by atoms with Crippen molar-refractivity contribution in [1.82, 2.24) is 20.2 Å². The quantitative estimate of drug-likeness (QED) is 0.906. The highest BCUT2D eigenvalue weighted by atomic mass is 16.2. The summed E-state index contributed by atoms with van der Waals surface area (Å²) in [4.78, 5) is 34.2. The lowest BCUT2D eigenvalue weighted by atomic mass is 10.1. The molecule has 1 atom stereocenters. The van der Waals surface area contributed by atoms with Crippen molar-refractivity contribution in [3.8, 4) is 0 Å². The zero-order chi connectivity index (χ0) is 15.6. The second-order valence-electron chi connectivity index (χ2n) is 6.29. The van der Waals surface area contributed by atoms with Crippen LogP contribution in [-0.4, -0.2) is 44.8 Å². The third kappa shape index (κ3) is 3.37. The Kier molecular flexibility index (Phi) is 4.25. The number of carbonyl (C=O) groups excluding carboxylic acids is 2. The molecular weight excluding hydrogens is 268 g/mol. The van der Waals surface area contributed by atoms with E-state index in [2.05, 4.69) is 15.3 Å². The largest absolute Gasteiger partial charge is 0.347 e.